The number of carbonyl (C=O) groups excluding carboxylic acids is 2. The molecule has 1 aliphatic heterocycles. The number of hydrogen-bond acceptors (Lipinski definition) is 7. The Morgan fingerprint density at radius 3 is 2.15 bits per heavy atom. The zero-order chi connectivity index (χ0) is 25.4. The van der Waals surface area contributed by atoms with Crippen molar-refractivity contribution in [3.63, 3.8) is 0 Å². The minimum Gasteiger partial charge on any atom is -0.444 e. The molecule has 0 spiro atoms. The lowest BCUT2D eigenvalue weighted by Gasteiger charge is -2.38. The van der Waals surface area contributed by atoms with Crippen LogP contribution in [0.15, 0.2) is 6.20 Å². The van der Waals surface area contributed by atoms with Crippen molar-refractivity contribution in [3.05, 3.63) is 17.6 Å². The smallest absolute Gasteiger partial charge is 0.417 e. The van der Waals surface area contributed by atoms with Gasteiger partial charge in [-0.3, -0.25) is 0 Å². The highest BCUT2D eigenvalue weighted by Crippen LogP contribution is 2.28. The molecule has 2 amide bonds. The number of fused-ring (bicyclic) bond motifs is 1. The first-order valence-corrected chi connectivity index (χ1v) is 11.9. The van der Waals surface area contributed by atoms with Crippen LogP contribution in [0.3, 0.4) is 0 Å². The molecule has 0 saturated carbocycles. The standard InChI is InChI=1S/C24H38N6O4/c1-15(2)18-14-25-30-19(18)26-16(3)27-20(30)29(22(32)34-24(7,8)9)17-10-12-28(13-11-17)21(31)33-23(4,5)6/h14-15,17H,10-13H2,1-9H3. The van der Waals surface area contributed by atoms with E-state index in [1.165, 1.54) is 0 Å². The number of piperidine rings is 1. The van der Waals surface area contributed by atoms with Crippen molar-refractivity contribution in [2.45, 2.75) is 98.3 Å². The van der Waals surface area contributed by atoms with Crippen LogP contribution in [0.5, 0.6) is 0 Å². The van der Waals surface area contributed by atoms with Crippen LogP contribution in [0.25, 0.3) is 5.65 Å². The van der Waals surface area contributed by atoms with Gasteiger partial charge in [0.25, 0.3) is 0 Å². The average molecular weight is 475 g/mol. The minimum atomic E-state index is -0.680. The van der Waals surface area contributed by atoms with E-state index in [-0.39, 0.29) is 18.1 Å². The van der Waals surface area contributed by atoms with Gasteiger partial charge in [0.15, 0.2) is 5.65 Å². The third kappa shape index (κ3) is 5.95. The Hall–Kier alpha value is -2.91. The molecule has 10 heteroatoms. The Morgan fingerprint density at radius 2 is 1.62 bits per heavy atom. The Balaban J connectivity index is 1.96. The molecule has 1 aliphatic rings. The topological polar surface area (TPSA) is 102 Å². The second kappa shape index (κ2) is 9.38. The number of amides is 2. The fourth-order valence-electron chi connectivity index (χ4n) is 3.88. The fourth-order valence-corrected chi connectivity index (χ4v) is 3.88. The zero-order valence-electron chi connectivity index (χ0n) is 21.9. The molecule has 0 unspecified atom stereocenters. The number of anilines is 1. The van der Waals surface area contributed by atoms with Gasteiger partial charge < -0.3 is 14.4 Å². The molecular formula is C24H38N6O4. The fraction of sp³-hybridized carbons (Fsp3) is 0.708. The maximum Gasteiger partial charge on any atom is 0.417 e. The van der Waals surface area contributed by atoms with Crippen LogP contribution in [0.1, 0.15) is 85.5 Å². The molecule has 1 saturated heterocycles. The van der Waals surface area contributed by atoms with Crippen molar-refractivity contribution in [3.8, 4) is 0 Å². The van der Waals surface area contributed by atoms with Crippen LogP contribution in [0.4, 0.5) is 15.5 Å². The van der Waals surface area contributed by atoms with E-state index in [1.807, 2.05) is 41.5 Å². The molecule has 2 aromatic heterocycles. The first-order valence-electron chi connectivity index (χ1n) is 11.9. The number of carbonyl (C=O) groups is 2. The van der Waals surface area contributed by atoms with E-state index < -0.39 is 17.3 Å². The molecule has 0 atom stereocenters. The summed E-state index contributed by atoms with van der Waals surface area (Å²) in [6.45, 7) is 17.9. The second-order valence-electron chi connectivity index (χ2n) is 11.1. The third-order valence-electron chi connectivity index (χ3n) is 5.40. The predicted molar refractivity (Wildman–Crippen MR) is 129 cm³/mol. The molecule has 1 fully saturated rings. The number of likely N-dealkylation sites (tertiary alicyclic amines) is 1. The van der Waals surface area contributed by atoms with Crippen molar-refractivity contribution >= 4 is 23.8 Å². The molecule has 10 nitrogen and oxygen atoms in total. The van der Waals surface area contributed by atoms with Gasteiger partial charge >= 0.3 is 12.2 Å². The largest absolute Gasteiger partial charge is 0.444 e. The summed E-state index contributed by atoms with van der Waals surface area (Å²) in [5.41, 5.74) is 0.420. The number of nitrogens with zero attached hydrogens (tertiary/aromatic N) is 6. The van der Waals surface area contributed by atoms with E-state index in [0.29, 0.717) is 43.4 Å². The Bertz CT molecular complexity index is 1040. The van der Waals surface area contributed by atoms with E-state index in [9.17, 15) is 9.59 Å². The number of aromatic nitrogens is 4. The van der Waals surface area contributed by atoms with Crippen LogP contribution in [-0.4, -0.2) is 67.0 Å². The Morgan fingerprint density at radius 1 is 1.03 bits per heavy atom. The van der Waals surface area contributed by atoms with Crippen molar-refractivity contribution in [1.29, 1.82) is 0 Å². The molecule has 0 N–H and O–H groups in total. The molecule has 0 bridgehead atoms. The van der Waals surface area contributed by atoms with E-state index in [0.717, 1.165) is 5.56 Å². The monoisotopic (exact) mass is 474 g/mol. The zero-order valence-corrected chi connectivity index (χ0v) is 21.9. The molecule has 2 aromatic rings. The molecule has 0 radical (unpaired) electrons. The molecule has 0 aromatic carbocycles. The summed E-state index contributed by atoms with van der Waals surface area (Å²) < 4.78 is 12.9. The van der Waals surface area contributed by atoms with Crippen molar-refractivity contribution < 1.29 is 19.1 Å². The lowest BCUT2D eigenvalue weighted by Crippen LogP contribution is -2.51. The summed E-state index contributed by atoms with van der Waals surface area (Å²) in [4.78, 5) is 38.4. The van der Waals surface area contributed by atoms with E-state index in [1.54, 1.807) is 27.4 Å². The van der Waals surface area contributed by atoms with Crippen molar-refractivity contribution in [2.75, 3.05) is 18.0 Å². The van der Waals surface area contributed by atoms with Crippen molar-refractivity contribution in [1.82, 2.24) is 24.5 Å². The number of aryl methyl sites for hydroxylation is 1. The maximum absolute atomic E-state index is 13.5. The Labute approximate surface area is 201 Å². The highest BCUT2D eigenvalue weighted by atomic mass is 16.6. The minimum absolute atomic E-state index is 0.215. The third-order valence-corrected chi connectivity index (χ3v) is 5.40. The summed E-state index contributed by atoms with van der Waals surface area (Å²) >= 11 is 0. The molecule has 188 valence electrons. The maximum atomic E-state index is 13.5. The lowest BCUT2D eigenvalue weighted by atomic mass is 10.0. The highest BCUT2D eigenvalue weighted by Gasteiger charge is 2.37. The summed E-state index contributed by atoms with van der Waals surface area (Å²) in [6.07, 6.45) is 2.05. The van der Waals surface area contributed by atoms with Gasteiger partial charge in [0.05, 0.1) is 6.20 Å². The van der Waals surface area contributed by atoms with Gasteiger partial charge in [-0.25, -0.2) is 19.5 Å². The van der Waals surface area contributed by atoms with Crippen LogP contribution in [-0.2, 0) is 9.47 Å². The van der Waals surface area contributed by atoms with Gasteiger partial charge in [0.1, 0.15) is 17.0 Å². The van der Waals surface area contributed by atoms with E-state index >= 15 is 0 Å². The first-order chi connectivity index (χ1) is 15.7. The van der Waals surface area contributed by atoms with Crippen LogP contribution in [0, 0.1) is 6.92 Å². The number of ether oxygens (including phenoxy) is 2. The van der Waals surface area contributed by atoms with Gasteiger partial charge in [-0.2, -0.15) is 14.6 Å². The SMILES string of the molecule is Cc1nc(N(C(=O)OC(C)(C)C)C2CCN(C(=O)OC(C)(C)C)CC2)n2ncc(C(C)C)c2n1. The molecule has 3 rings (SSSR count). The lowest BCUT2D eigenvalue weighted by molar-refractivity contribution is 0.0200. The summed E-state index contributed by atoms with van der Waals surface area (Å²) in [6, 6.07) is -0.224. The molecule has 3 heterocycles. The van der Waals surface area contributed by atoms with Gasteiger partial charge in [0, 0.05) is 24.7 Å². The van der Waals surface area contributed by atoms with Gasteiger partial charge in [-0.15, -0.1) is 0 Å². The number of rotatable bonds is 3. The summed E-state index contributed by atoms with van der Waals surface area (Å²) in [5, 5.41) is 4.52. The van der Waals surface area contributed by atoms with E-state index in [2.05, 4.69) is 28.9 Å². The normalized spacial score (nSPS) is 15.6. The predicted octanol–water partition coefficient (Wildman–Crippen LogP) is 4.70. The first kappa shape index (κ1) is 25.7. The molecule has 0 aliphatic carbocycles. The Kier molecular flexibility index (Phi) is 7.10. The molecular weight excluding hydrogens is 436 g/mol. The highest BCUT2D eigenvalue weighted by molar-refractivity contribution is 5.87. The quantitative estimate of drug-likeness (QED) is 0.635. The van der Waals surface area contributed by atoms with Gasteiger partial charge in [-0.1, -0.05) is 13.8 Å². The van der Waals surface area contributed by atoms with Crippen LogP contribution >= 0.6 is 0 Å². The van der Waals surface area contributed by atoms with Gasteiger partial charge in [-0.05, 0) is 67.2 Å². The number of hydrogen-bond donors (Lipinski definition) is 0. The van der Waals surface area contributed by atoms with E-state index in [4.69, 9.17) is 9.47 Å². The average Bonchev–Trinajstić information content (AvgIpc) is 3.10. The van der Waals surface area contributed by atoms with Crippen LogP contribution < -0.4 is 4.90 Å². The second-order valence-corrected chi connectivity index (χ2v) is 11.1. The molecule has 34 heavy (non-hydrogen) atoms. The van der Waals surface area contributed by atoms with Gasteiger partial charge in [0.2, 0.25) is 5.95 Å². The summed E-state index contributed by atoms with van der Waals surface area (Å²) in [7, 11) is 0. The summed E-state index contributed by atoms with van der Waals surface area (Å²) in [5.74, 6) is 1.13. The van der Waals surface area contributed by atoms with Crippen molar-refractivity contribution in [2.24, 2.45) is 0 Å². The van der Waals surface area contributed by atoms with Crippen LogP contribution in [0.2, 0.25) is 0 Å².